The number of alkyl halides is 1. The number of nitrogens with zero attached hydrogens (tertiary/aromatic N) is 1. The third-order valence-corrected chi connectivity index (χ3v) is 3.93. The topological polar surface area (TPSA) is 22.1 Å². The third kappa shape index (κ3) is 2.45. The standard InChI is InChI=1S/C13H14ClNOS/c1-8-4-11(12(16-3)5-9(8)2)13-15-10(6-14)7-17-13/h4-5,7H,6H2,1-3H3. The minimum Gasteiger partial charge on any atom is -0.496 e. The SMILES string of the molecule is COc1cc(C)c(C)cc1-c1nc(CCl)cs1. The summed E-state index contributed by atoms with van der Waals surface area (Å²) in [4.78, 5) is 4.48. The Hall–Kier alpha value is -1.06. The van der Waals surface area contributed by atoms with E-state index in [1.807, 2.05) is 11.4 Å². The Morgan fingerprint density at radius 2 is 2.00 bits per heavy atom. The van der Waals surface area contributed by atoms with E-state index in [1.54, 1.807) is 18.4 Å². The molecule has 17 heavy (non-hydrogen) atoms. The van der Waals surface area contributed by atoms with Gasteiger partial charge in [0, 0.05) is 5.38 Å². The largest absolute Gasteiger partial charge is 0.496 e. The maximum Gasteiger partial charge on any atom is 0.129 e. The van der Waals surface area contributed by atoms with Gasteiger partial charge in [0.15, 0.2) is 0 Å². The molecule has 0 atom stereocenters. The molecule has 2 aromatic rings. The van der Waals surface area contributed by atoms with E-state index in [-0.39, 0.29) is 0 Å². The first-order valence-corrected chi connectivity index (χ1v) is 6.73. The lowest BCUT2D eigenvalue weighted by atomic mass is 10.1. The van der Waals surface area contributed by atoms with Crippen LogP contribution in [0.5, 0.6) is 5.75 Å². The monoisotopic (exact) mass is 267 g/mol. The van der Waals surface area contributed by atoms with E-state index in [9.17, 15) is 0 Å². The van der Waals surface area contributed by atoms with Gasteiger partial charge in [-0.05, 0) is 37.1 Å². The van der Waals surface area contributed by atoms with Crippen LogP contribution in [0.25, 0.3) is 10.6 Å². The second-order valence-corrected chi connectivity index (χ2v) is 5.04. The van der Waals surface area contributed by atoms with Gasteiger partial charge in [-0.25, -0.2) is 4.98 Å². The van der Waals surface area contributed by atoms with Gasteiger partial charge >= 0.3 is 0 Å². The fourth-order valence-electron chi connectivity index (χ4n) is 1.62. The molecule has 0 unspecified atom stereocenters. The second kappa shape index (κ2) is 5.07. The number of hydrogen-bond acceptors (Lipinski definition) is 3. The number of rotatable bonds is 3. The van der Waals surface area contributed by atoms with Gasteiger partial charge in [0.25, 0.3) is 0 Å². The van der Waals surface area contributed by atoms with Crippen molar-refractivity contribution in [3.63, 3.8) is 0 Å². The van der Waals surface area contributed by atoms with Gasteiger partial charge < -0.3 is 4.74 Å². The minimum absolute atomic E-state index is 0.448. The first-order valence-electron chi connectivity index (χ1n) is 5.31. The fraction of sp³-hybridized carbons (Fsp3) is 0.308. The lowest BCUT2D eigenvalue weighted by Crippen LogP contribution is -1.91. The fourth-order valence-corrected chi connectivity index (χ4v) is 2.69. The summed E-state index contributed by atoms with van der Waals surface area (Å²) in [5, 5.41) is 2.94. The molecule has 90 valence electrons. The number of thiazole rings is 1. The van der Waals surface area contributed by atoms with Gasteiger partial charge in [-0.1, -0.05) is 0 Å². The number of hydrogen-bond donors (Lipinski definition) is 0. The number of halogens is 1. The number of benzene rings is 1. The predicted molar refractivity (Wildman–Crippen MR) is 73.1 cm³/mol. The zero-order chi connectivity index (χ0) is 12.4. The summed E-state index contributed by atoms with van der Waals surface area (Å²) in [7, 11) is 1.68. The molecule has 0 aliphatic heterocycles. The van der Waals surface area contributed by atoms with Gasteiger partial charge in [-0.15, -0.1) is 22.9 Å². The van der Waals surface area contributed by atoms with Crippen molar-refractivity contribution >= 4 is 22.9 Å². The molecule has 0 radical (unpaired) electrons. The van der Waals surface area contributed by atoms with Crippen molar-refractivity contribution in [2.75, 3.05) is 7.11 Å². The summed E-state index contributed by atoms with van der Waals surface area (Å²) in [6.07, 6.45) is 0. The molecule has 2 nitrogen and oxygen atoms in total. The lowest BCUT2D eigenvalue weighted by Gasteiger charge is -2.09. The first kappa shape index (κ1) is 12.4. The van der Waals surface area contributed by atoms with Crippen LogP contribution in [0.1, 0.15) is 16.8 Å². The number of methoxy groups -OCH3 is 1. The molecule has 0 fully saturated rings. The van der Waals surface area contributed by atoms with Crippen LogP contribution < -0.4 is 4.74 Å². The Kier molecular flexibility index (Phi) is 3.69. The minimum atomic E-state index is 0.448. The molecule has 0 aliphatic rings. The average Bonchev–Trinajstić information content (AvgIpc) is 2.80. The van der Waals surface area contributed by atoms with E-state index in [0.29, 0.717) is 5.88 Å². The van der Waals surface area contributed by atoms with E-state index in [0.717, 1.165) is 22.0 Å². The highest BCUT2D eigenvalue weighted by molar-refractivity contribution is 7.13. The lowest BCUT2D eigenvalue weighted by molar-refractivity contribution is 0.416. The van der Waals surface area contributed by atoms with Crippen molar-refractivity contribution in [3.8, 4) is 16.3 Å². The van der Waals surface area contributed by atoms with E-state index < -0.39 is 0 Å². The Morgan fingerprint density at radius 3 is 2.59 bits per heavy atom. The number of aromatic nitrogens is 1. The molecule has 2 rings (SSSR count). The molecule has 1 heterocycles. The highest BCUT2D eigenvalue weighted by Crippen LogP contribution is 2.34. The Labute approximate surface area is 110 Å². The van der Waals surface area contributed by atoms with Crippen LogP contribution in [0.15, 0.2) is 17.5 Å². The van der Waals surface area contributed by atoms with Crippen LogP contribution in [0.3, 0.4) is 0 Å². The van der Waals surface area contributed by atoms with Crippen LogP contribution in [-0.4, -0.2) is 12.1 Å². The highest BCUT2D eigenvalue weighted by Gasteiger charge is 2.11. The molecule has 0 aliphatic carbocycles. The first-order chi connectivity index (χ1) is 8.15. The zero-order valence-corrected chi connectivity index (χ0v) is 11.7. The van der Waals surface area contributed by atoms with Gasteiger partial charge in [-0.3, -0.25) is 0 Å². The van der Waals surface area contributed by atoms with E-state index in [2.05, 4.69) is 24.9 Å². The van der Waals surface area contributed by atoms with Crippen molar-refractivity contribution < 1.29 is 4.74 Å². The summed E-state index contributed by atoms with van der Waals surface area (Å²) in [5.74, 6) is 1.31. The van der Waals surface area contributed by atoms with Crippen molar-refractivity contribution in [1.82, 2.24) is 4.98 Å². The number of ether oxygens (including phenoxy) is 1. The summed E-state index contributed by atoms with van der Waals surface area (Å²) in [6, 6.07) is 4.16. The number of aryl methyl sites for hydroxylation is 2. The molecule has 1 aromatic carbocycles. The third-order valence-electron chi connectivity index (χ3n) is 2.73. The molecule has 0 saturated carbocycles. The predicted octanol–water partition coefficient (Wildman–Crippen LogP) is 4.17. The molecule has 0 spiro atoms. The summed E-state index contributed by atoms with van der Waals surface area (Å²) in [5.41, 5.74) is 4.41. The van der Waals surface area contributed by atoms with E-state index in [1.165, 1.54) is 11.1 Å². The molecule has 0 bridgehead atoms. The van der Waals surface area contributed by atoms with Crippen molar-refractivity contribution in [3.05, 3.63) is 34.3 Å². The van der Waals surface area contributed by atoms with Crippen LogP contribution >= 0.6 is 22.9 Å². The maximum atomic E-state index is 5.77. The Morgan fingerprint density at radius 1 is 1.29 bits per heavy atom. The smallest absolute Gasteiger partial charge is 0.129 e. The quantitative estimate of drug-likeness (QED) is 0.779. The zero-order valence-electron chi connectivity index (χ0n) is 10.1. The molecule has 4 heteroatoms. The molecular weight excluding hydrogens is 254 g/mol. The molecule has 0 amide bonds. The van der Waals surface area contributed by atoms with Crippen molar-refractivity contribution in [1.29, 1.82) is 0 Å². The van der Waals surface area contributed by atoms with Crippen LogP contribution in [0.4, 0.5) is 0 Å². The van der Waals surface area contributed by atoms with Gasteiger partial charge in [0.05, 0.1) is 24.2 Å². The summed E-state index contributed by atoms with van der Waals surface area (Å²) in [6.45, 7) is 4.17. The summed E-state index contributed by atoms with van der Waals surface area (Å²) >= 11 is 7.37. The normalized spacial score (nSPS) is 10.6. The molecule has 1 aromatic heterocycles. The van der Waals surface area contributed by atoms with Crippen LogP contribution in [-0.2, 0) is 5.88 Å². The van der Waals surface area contributed by atoms with E-state index in [4.69, 9.17) is 16.3 Å². The Balaban J connectivity index is 2.53. The van der Waals surface area contributed by atoms with Gasteiger partial charge in [-0.2, -0.15) is 0 Å². The summed E-state index contributed by atoms with van der Waals surface area (Å²) < 4.78 is 5.41. The molecule has 0 N–H and O–H groups in total. The van der Waals surface area contributed by atoms with Crippen LogP contribution in [0.2, 0.25) is 0 Å². The van der Waals surface area contributed by atoms with Gasteiger partial charge in [0.1, 0.15) is 10.8 Å². The molecule has 0 saturated heterocycles. The van der Waals surface area contributed by atoms with Gasteiger partial charge in [0.2, 0.25) is 0 Å². The van der Waals surface area contributed by atoms with E-state index >= 15 is 0 Å². The Bertz CT molecular complexity index is 536. The maximum absolute atomic E-state index is 5.77. The van der Waals surface area contributed by atoms with Crippen molar-refractivity contribution in [2.45, 2.75) is 19.7 Å². The van der Waals surface area contributed by atoms with Crippen LogP contribution in [0, 0.1) is 13.8 Å². The average molecular weight is 268 g/mol. The highest BCUT2D eigenvalue weighted by atomic mass is 35.5. The molecular formula is C13H14ClNOS. The van der Waals surface area contributed by atoms with Crippen molar-refractivity contribution in [2.24, 2.45) is 0 Å². The second-order valence-electron chi connectivity index (χ2n) is 3.91.